The quantitative estimate of drug-likeness (QED) is 0.824. The van der Waals surface area contributed by atoms with Gasteiger partial charge in [0.1, 0.15) is 11.5 Å². The van der Waals surface area contributed by atoms with Crippen LogP contribution in [0.3, 0.4) is 0 Å². The van der Waals surface area contributed by atoms with Crippen LogP contribution < -0.4 is 0 Å². The molecule has 0 bridgehead atoms. The van der Waals surface area contributed by atoms with Gasteiger partial charge in [0.15, 0.2) is 0 Å². The molecule has 0 aromatic carbocycles. The molecule has 0 aliphatic carbocycles. The van der Waals surface area contributed by atoms with Crippen molar-refractivity contribution >= 4 is 11.8 Å². The molecule has 6 heteroatoms. The van der Waals surface area contributed by atoms with E-state index in [4.69, 9.17) is 9.15 Å². The van der Waals surface area contributed by atoms with Crippen molar-refractivity contribution in [1.29, 1.82) is 0 Å². The van der Waals surface area contributed by atoms with Crippen LogP contribution in [0.25, 0.3) is 0 Å². The van der Waals surface area contributed by atoms with Crippen LogP contribution >= 0.6 is 0 Å². The highest BCUT2D eigenvalue weighted by Crippen LogP contribution is 2.37. The first kappa shape index (κ1) is 16.6. The van der Waals surface area contributed by atoms with Gasteiger partial charge in [-0.25, -0.2) is 0 Å². The van der Waals surface area contributed by atoms with E-state index in [-0.39, 0.29) is 23.5 Å². The zero-order chi connectivity index (χ0) is 17.6. The van der Waals surface area contributed by atoms with Crippen LogP contribution in [0, 0.1) is 13.8 Å². The second-order valence-electron chi connectivity index (χ2n) is 7.67. The molecule has 25 heavy (non-hydrogen) atoms. The van der Waals surface area contributed by atoms with Crippen molar-refractivity contribution in [3.05, 3.63) is 23.2 Å². The Bertz CT molecular complexity index is 698. The Kier molecular flexibility index (Phi) is 4.10. The Morgan fingerprint density at radius 2 is 2.16 bits per heavy atom. The van der Waals surface area contributed by atoms with E-state index in [1.54, 1.807) is 0 Å². The number of nitrogens with zero attached hydrogens (tertiary/aromatic N) is 2. The fourth-order valence-electron chi connectivity index (χ4n) is 4.64. The summed E-state index contributed by atoms with van der Waals surface area (Å²) in [6.07, 6.45) is 4.22. The van der Waals surface area contributed by atoms with Gasteiger partial charge in [0.25, 0.3) is 5.91 Å². The van der Waals surface area contributed by atoms with E-state index in [0.29, 0.717) is 37.4 Å². The van der Waals surface area contributed by atoms with Gasteiger partial charge in [-0.05, 0) is 45.6 Å². The smallest absolute Gasteiger partial charge is 0.257 e. The standard InChI is InChI=1S/C19H26N2O4/c1-13-10-16(14(2)25-13)18(23)20-8-6-19(12-20)11-15(5-9-24-19)21-7-3-4-17(21)22/h10,15H,3-9,11-12H2,1-2H3/t15-,19+/m1/s1. The van der Waals surface area contributed by atoms with Crippen molar-refractivity contribution in [2.45, 2.75) is 57.6 Å². The van der Waals surface area contributed by atoms with Gasteiger partial charge in [-0.15, -0.1) is 0 Å². The number of aryl methyl sites for hydroxylation is 2. The van der Waals surface area contributed by atoms with Gasteiger partial charge >= 0.3 is 0 Å². The molecule has 0 N–H and O–H groups in total. The Morgan fingerprint density at radius 3 is 2.84 bits per heavy atom. The van der Waals surface area contributed by atoms with E-state index < -0.39 is 0 Å². The molecule has 4 heterocycles. The lowest BCUT2D eigenvalue weighted by molar-refractivity contribution is -0.137. The summed E-state index contributed by atoms with van der Waals surface area (Å²) in [7, 11) is 0. The molecule has 136 valence electrons. The van der Waals surface area contributed by atoms with Crippen LogP contribution in [0.4, 0.5) is 0 Å². The highest BCUT2D eigenvalue weighted by atomic mass is 16.5. The molecule has 3 aliphatic heterocycles. The molecular formula is C19H26N2O4. The van der Waals surface area contributed by atoms with Crippen molar-refractivity contribution < 1.29 is 18.7 Å². The predicted octanol–water partition coefficient (Wildman–Crippen LogP) is 2.28. The molecular weight excluding hydrogens is 320 g/mol. The fourth-order valence-corrected chi connectivity index (χ4v) is 4.64. The Hall–Kier alpha value is -1.82. The first-order valence-electron chi connectivity index (χ1n) is 9.27. The third kappa shape index (κ3) is 2.97. The van der Waals surface area contributed by atoms with Gasteiger partial charge < -0.3 is 19.0 Å². The van der Waals surface area contributed by atoms with Crippen LogP contribution in [-0.2, 0) is 9.53 Å². The van der Waals surface area contributed by atoms with Crippen molar-refractivity contribution in [2.75, 3.05) is 26.2 Å². The molecule has 2 atom stereocenters. The summed E-state index contributed by atoms with van der Waals surface area (Å²) in [6, 6.07) is 2.08. The lowest BCUT2D eigenvalue weighted by Gasteiger charge is -2.41. The van der Waals surface area contributed by atoms with Gasteiger partial charge in [0, 0.05) is 32.2 Å². The molecule has 3 fully saturated rings. The molecule has 3 saturated heterocycles. The molecule has 0 saturated carbocycles. The second kappa shape index (κ2) is 6.16. The monoisotopic (exact) mass is 346 g/mol. The Labute approximate surface area is 148 Å². The van der Waals surface area contributed by atoms with Crippen LogP contribution in [0.5, 0.6) is 0 Å². The summed E-state index contributed by atoms with van der Waals surface area (Å²) in [5.41, 5.74) is 0.352. The van der Waals surface area contributed by atoms with E-state index >= 15 is 0 Å². The van der Waals surface area contributed by atoms with E-state index in [1.165, 1.54) is 0 Å². The largest absolute Gasteiger partial charge is 0.466 e. The summed E-state index contributed by atoms with van der Waals surface area (Å²) >= 11 is 0. The van der Waals surface area contributed by atoms with Gasteiger partial charge in [0.05, 0.1) is 17.7 Å². The van der Waals surface area contributed by atoms with E-state index in [2.05, 4.69) is 0 Å². The average Bonchev–Trinajstić information content (AvgIpc) is 3.27. The molecule has 0 unspecified atom stereocenters. The maximum absolute atomic E-state index is 12.8. The average molecular weight is 346 g/mol. The number of amides is 2. The molecule has 3 aliphatic rings. The number of hydrogen-bond acceptors (Lipinski definition) is 4. The van der Waals surface area contributed by atoms with Gasteiger partial charge in [-0.1, -0.05) is 0 Å². The molecule has 1 aromatic heterocycles. The number of ether oxygens (including phenoxy) is 1. The number of hydrogen-bond donors (Lipinski definition) is 0. The third-order valence-corrected chi connectivity index (χ3v) is 5.89. The van der Waals surface area contributed by atoms with Crippen molar-refractivity contribution in [3.63, 3.8) is 0 Å². The highest BCUT2D eigenvalue weighted by molar-refractivity contribution is 5.95. The minimum absolute atomic E-state index is 0.0224. The summed E-state index contributed by atoms with van der Waals surface area (Å²) in [5, 5.41) is 0. The van der Waals surface area contributed by atoms with Crippen LogP contribution in [0.15, 0.2) is 10.5 Å². The van der Waals surface area contributed by atoms with Crippen LogP contribution in [-0.4, -0.2) is 59.5 Å². The summed E-state index contributed by atoms with van der Waals surface area (Å²) in [4.78, 5) is 28.8. The first-order chi connectivity index (χ1) is 12.0. The second-order valence-corrected chi connectivity index (χ2v) is 7.67. The molecule has 2 amide bonds. The van der Waals surface area contributed by atoms with Gasteiger partial charge in [-0.3, -0.25) is 9.59 Å². The number of carbonyl (C=O) groups excluding carboxylic acids is 2. The molecule has 1 aromatic rings. The van der Waals surface area contributed by atoms with E-state index in [9.17, 15) is 9.59 Å². The lowest BCUT2D eigenvalue weighted by atomic mass is 9.89. The summed E-state index contributed by atoms with van der Waals surface area (Å²) in [6.45, 7) is 6.53. The lowest BCUT2D eigenvalue weighted by Crippen LogP contribution is -2.50. The minimum Gasteiger partial charge on any atom is -0.466 e. The van der Waals surface area contributed by atoms with Crippen LogP contribution in [0.1, 0.15) is 54.0 Å². The minimum atomic E-state index is -0.297. The SMILES string of the molecule is Cc1cc(C(=O)N2CC[C@]3(C[C@H](N4CCCC4=O)CCO3)C2)c(C)o1. The van der Waals surface area contributed by atoms with Crippen molar-refractivity contribution in [2.24, 2.45) is 0 Å². The van der Waals surface area contributed by atoms with Gasteiger partial charge in [0.2, 0.25) is 5.91 Å². The maximum Gasteiger partial charge on any atom is 0.257 e. The normalized spacial score (nSPS) is 29.8. The Balaban J connectivity index is 1.46. The topological polar surface area (TPSA) is 63.0 Å². The number of rotatable bonds is 2. The Morgan fingerprint density at radius 1 is 1.32 bits per heavy atom. The molecule has 1 spiro atoms. The fraction of sp³-hybridized carbons (Fsp3) is 0.684. The molecule has 6 nitrogen and oxygen atoms in total. The van der Waals surface area contributed by atoms with Crippen molar-refractivity contribution in [3.8, 4) is 0 Å². The number of furan rings is 1. The van der Waals surface area contributed by atoms with E-state index in [1.807, 2.05) is 29.7 Å². The first-order valence-corrected chi connectivity index (χ1v) is 9.27. The van der Waals surface area contributed by atoms with Crippen molar-refractivity contribution in [1.82, 2.24) is 9.80 Å². The maximum atomic E-state index is 12.8. The zero-order valence-corrected chi connectivity index (χ0v) is 15.0. The number of likely N-dealkylation sites (tertiary alicyclic amines) is 2. The van der Waals surface area contributed by atoms with Gasteiger partial charge in [-0.2, -0.15) is 0 Å². The zero-order valence-electron chi connectivity index (χ0n) is 15.0. The highest BCUT2D eigenvalue weighted by Gasteiger charge is 2.47. The summed E-state index contributed by atoms with van der Waals surface area (Å²) < 4.78 is 11.7. The van der Waals surface area contributed by atoms with Crippen LogP contribution in [0.2, 0.25) is 0 Å². The van der Waals surface area contributed by atoms with E-state index in [0.717, 1.165) is 38.0 Å². The molecule has 0 radical (unpaired) electrons. The third-order valence-electron chi connectivity index (χ3n) is 5.89. The number of carbonyl (C=O) groups is 2. The molecule has 4 rings (SSSR count). The predicted molar refractivity (Wildman–Crippen MR) is 91.4 cm³/mol. The summed E-state index contributed by atoms with van der Waals surface area (Å²) in [5.74, 6) is 1.73.